The Hall–Kier alpha value is -0.820. The van der Waals surface area contributed by atoms with E-state index < -0.39 is 0 Å². The van der Waals surface area contributed by atoms with Gasteiger partial charge in [-0.2, -0.15) is 0 Å². The van der Waals surface area contributed by atoms with Crippen LogP contribution in [0.3, 0.4) is 0 Å². The Balaban J connectivity index is 2.70. The van der Waals surface area contributed by atoms with Gasteiger partial charge in [0.1, 0.15) is 0 Å². The monoisotopic (exact) mass is 233 g/mol. The first-order valence-electron chi connectivity index (χ1n) is 6.66. The molecule has 0 aliphatic heterocycles. The smallest absolute Gasteiger partial charge is 0.0294 e. The summed E-state index contributed by atoms with van der Waals surface area (Å²) >= 11 is 0. The van der Waals surface area contributed by atoms with E-state index in [0.29, 0.717) is 11.5 Å². The second-order valence-corrected chi connectivity index (χ2v) is 5.98. The molecule has 17 heavy (non-hydrogen) atoms. The van der Waals surface area contributed by atoms with Crippen LogP contribution in [0.25, 0.3) is 0 Å². The van der Waals surface area contributed by atoms with Crippen LogP contribution < -0.4 is 5.32 Å². The third-order valence-electron chi connectivity index (χ3n) is 3.75. The Kier molecular flexibility index (Phi) is 4.76. The van der Waals surface area contributed by atoms with Gasteiger partial charge in [0.25, 0.3) is 0 Å². The van der Waals surface area contributed by atoms with Gasteiger partial charge in [0.15, 0.2) is 0 Å². The fraction of sp³-hybridized carbons (Fsp3) is 0.625. The Morgan fingerprint density at radius 1 is 1.24 bits per heavy atom. The van der Waals surface area contributed by atoms with Crippen molar-refractivity contribution in [3.05, 3.63) is 34.9 Å². The van der Waals surface area contributed by atoms with E-state index in [4.69, 9.17) is 0 Å². The van der Waals surface area contributed by atoms with Crippen molar-refractivity contribution in [3.8, 4) is 0 Å². The van der Waals surface area contributed by atoms with Gasteiger partial charge < -0.3 is 5.32 Å². The van der Waals surface area contributed by atoms with E-state index in [1.807, 2.05) is 0 Å². The van der Waals surface area contributed by atoms with E-state index in [1.54, 1.807) is 0 Å². The standard InChI is InChI=1S/C16H27N/c1-7-16(5,6)11-17-14(4)15-10-12(2)8-9-13(15)3/h8-10,14,17H,7,11H2,1-6H3. The summed E-state index contributed by atoms with van der Waals surface area (Å²) in [5, 5.41) is 3.66. The number of aryl methyl sites for hydroxylation is 2. The Morgan fingerprint density at radius 3 is 2.47 bits per heavy atom. The molecule has 0 aliphatic carbocycles. The van der Waals surface area contributed by atoms with Crippen LogP contribution in [0.1, 0.15) is 56.8 Å². The lowest BCUT2D eigenvalue weighted by Gasteiger charge is -2.26. The minimum absolute atomic E-state index is 0.381. The van der Waals surface area contributed by atoms with Gasteiger partial charge in [-0.25, -0.2) is 0 Å². The summed E-state index contributed by atoms with van der Waals surface area (Å²) in [5.41, 5.74) is 4.53. The maximum atomic E-state index is 3.66. The van der Waals surface area contributed by atoms with Gasteiger partial charge in [-0.3, -0.25) is 0 Å². The first-order chi connectivity index (χ1) is 7.85. The van der Waals surface area contributed by atoms with Gasteiger partial charge in [-0.1, -0.05) is 44.5 Å². The highest BCUT2D eigenvalue weighted by Gasteiger charge is 2.17. The molecule has 1 aromatic rings. The average Bonchev–Trinajstić information content (AvgIpc) is 2.29. The summed E-state index contributed by atoms with van der Waals surface area (Å²) in [6.07, 6.45) is 1.21. The molecule has 0 spiro atoms. The summed E-state index contributed by atoms with van der Waals surface area (Å²) in [5.74, 6) is 0. The Bertz CT molecular complexity index is 366. The van der Waals surface area contributed by atoms with E-state index >= 15 is 0 Å². The topological polar surface area (TPSA) is 12.0 Å². The van der Waals surface area contributed by atoms with Crippen LogP contribution in [0.4, 0.5) is 0 Å². The summed E-state index contributed by atoms with van der Waals surface area (Å²) < 4.78 is 0. The molecule has 1 nitrogen and oxygen atoms in total. The third-order valence-corrected chi connectivity index (χ3v) is 3.75. The second-order valence-electron chi connectivity index (χ2n) is 5.98. The zero-order chi connectivity index (χ0) is 13.1. The number of hydrogen-bond donors (Lipinski definition) is 1. The lowest BCUT2D eigenvalue weighted by atomic mass is 9.89. The van der Waals surface area contributed by atoms with Crippen molar-refractivity contribution in [2.45, 2.75) is 54.0 Å². The maximum Gasteiger partial charge on any atom is 0.0294 e. The lowest BCUT2D eigenvalue weighted by Crippen LogP contribution is -2.31. The molecule has 1 aromatic carbocycles. The quantitative estimate of drug-likeness (QED) is 0.795. The van der Waals surface area contributed by atoms with Crippen molar-refractivity contribution in [3.63, 3.8) is 0 Å². The molecule has 0 aromatic heterocycles. The average molecular weight is 233 g/mol. The molecule has 1 N–H and O–H groups in total. The molecule has 1 unspecified atom stereocenters. The van der Waals surface area contributed by atoms with E-state index in [1.165, 1.54) is 23.1 Å². The van der Waals surface area contributed by atoms with Crippen molar-refractivity contribution in [1.82, 2.24) is 5.32 Å². The van der Waals surface area contributed by atoms with Crippen LogP contribution in [-0.4, -0.2) is 6.54 Å². The molecule has 0 amide bonds. The van der Waals surface area contributed by atoms with Gasteiger partial charge >= 0.3 is 0 Å². The minimum atomic E-state index is 0.381. The molecule has 1 atom stereocenters. The fourth-order valence-corrected chi connectivity index (χ4v) is 1.89. The second kappa shape index (κ2) is 5.68. The highest BCUT2D eigenvalue weighted by atomic mass is 14.9. The van der Waals surface area contributed by atoms with Crippen LogP contribution >= 0.6 is 0 Å². The van der Waals surface area contributed by atoms with Gasteiger partial charge in [-0.05, 0) is 43.7 Å². The SMILES string of the molecule is CCC(C)(C)CNC(C)c1cc(C)ccc1C. The molecule has 1 heteroatoms. The Labute approximate surface area is 107 Å². The summed E-state index contributed by atoms with van der Waals surface area (Å²) in [6, 6.07) is 7.13. The molecule has 0 saturated carbocycles. The first-order valence-corrected chi connectivity index (χ1v) is 6.66. The normalized spacial score (nSPS) is 13.8. The Morgan fingerprint density at radius 2 is 1.88 bits per heavy atom. The highest BCUT2D eigenvalue weighted by molar-refractivity contribution is 5.32. The number of rotatable bonds is 5. The molecular formula is C16H27N. The molecular weight excluding hydrogens is 206 g/mol. The summed E-state index contributed by atoms with van der Waals surface area (Å²) in [7, 11) is 0. The van der Waals surface area contributed by atoms with Gasteiger partial charge in [-0.15, -0.1) is 0 Å². The van der Waals surface area contributed by atoms with E-state index in [2.05, 4.69) is 65.1 Å². The minimum Gasteiger partial charge on any atom is -0.310 e. The number of benzene rings is 1. The molecule has 0 saturated heterocycles. The van der Waals surface area contributed by atoms with Crippen molar-refractivity contribution in [2.75, 3.05) is 6.54 Å². The van der Waals surface area contributed by atoms with E-state index in [-0.39, 0.29) is 0 Å². The first kappa shape index (κ1) is 14.2. The third kappa shape index (κ3) is 4.16. The molecule has 1 rings (SSSR count). The predicted molar refractivity (Wildman–Crippen MR) is 76.4 cm³/mol. The zero-order valence-corrected chi connectivity index (χ0v) is 12.2. The van der Waals surface area contributed by atoms with Crippen molar-refractivity contribution in [1.29, 1.82) is 0 Å². The molecule has 0 heterocycles. The highest BCUT2D eigenvalue weighted by Crippen LogP contribution is 2.22. The predicted octanol–water partition coefficient (Wildman–Crippen LogP) is 4.39. The largest absolute Gasteiger partial charge is 0.310 e. The number of nitrogens with one attached hydrogen (secondary N) is 1. The van der Waals surface area contributed by atoms with E-state index in [9.17, 15) is 0 Å². The van der Waals surface area contributed by atoms with E-state index in [0.717, 1.165) is 6.54 Å². The van der Waals surface area contributed by atoms with Gasteiger partial charge in [0.05, 0.1) is 0 Å². The maximum absolute atomic E-state index is 3.66. The summed E-state index contributed by atoms with van der Waals surface area (Å²) in [4.78, 5) is 0. The van der Waals surface area contributed by atoms with Crippen LogP contribution in [-0.2, 0) is 0 Å². The van der Waals surface area contributed by atoms with Crippen molar-refractivity contribution >= 4 is 0 Å². The van der Waals surface area contributed by atoms with Gasteiger partial charge in [0, 0.05) is 12.6 Å². The molecule has 0 fully saturated rings. The molecule has 96 valence electrons. The zero-order valence-electron chi connectivity index (χ0n) is 12.2. The van der Waals surface area contributed by atoms with Crippen LogP contribution in [0.15, 0.2) is 18.2 Å². The van der Waals surface area contributed by atoms with Crippen molar-refractivity contribution in [2.24, 2.45) is 5.41 Å². The molecule has 0 bridgehead atoms. The lowest BCUT2D eigenvalue weighted by molar-refractivity contribution is 0.313. The molecule has 0 radical (unpaired) electrons. The van der Waals surface area contributed by atoms with Gasteiger partial charge in [0.2, 0.25) is 0 Å². The fourth-order valence-electron chi connectivity index (χ4n) is 1.89. The molecule has 0 aliphatic rings. The van der Waals surface area contributed by atoms with Crippen LogP contribution in [0, 0.1) is 19.3 Å². The number of hydrogen-bond acceptors (Lipinski definition) is 1. The summed E-state index contributed by atoms with van der Waals surface area (Å²) in [6.45, 7) is 14.6. The van der Waals surface area contributed by atoms with Crippen LogP contribution in [0.5, 0.6) is 0 Å². The van der Waals surface area contributed by atoms with Crippen LogP contribution in [0.2, 0.25) is 0 Å². The van der Waals surface area contributed by atoms with Crippen molar-refractivity contribution < 1.29 is 0 Å².